The van der Waals surface area contributed by atoms with E-state index in [0.717, 1.165) is 11.3 Å². The van der Waals surface area contributed by atoms with Crippen molar-refractivity contribution in [2.24, 2.45) is 13.0 Å². The summed E-state index contributed by atoms with van der Waals surface area (Å²) < 4.78 is 24.5. The maximum absolute atomic E-state index is 12.2. The molecule has 6 nitrogen and oxygen atoms in total. The van der Waals surface area contributed by atoms with E-state index < -0.39 is 9.84 Å². The lowest BCUT2D eigenvalue weighted by atomic mass is 10.1. The minimum Gasteiger partial charge on any atom is -0.341 e. The molecule has 19 heavy (non-hydrogen) atoms. The molecule has 0 radical (unpaired) electrons. The molecule has 1 aliphatic rings. The highest BCUT2D eigenvalue weighted by Gasteiger charge is 2.34. The topological polar surface area (TPSA) is 72.3 Å². The lowest BCUT2D eigenvalue weighted by Crippen LogP contribution is -2.33. The van der Waals surface area contributed by atoms with E-state index >= 15 is 0 Å². The van der Waals surface area contributed by atoms with Crippen molar-refractivity contribution in [1.29, 1.82) is 0 Å². The van der Waals surface area contributed by atoms with Crippen molar-refractivity contribution >= 4 is 15.7 Å². The first-order chi connectivity index (χ1) is 8.78. The van der Waals surface area contributed by atoms with Crippen LogP contribution in [0.15, 0.2) is 6.20 Å². The average Bonchev–Trinajstić information content (AvgIpc) is 2.81. The molecule has 0 N–H and O–H groups in total. The zero-order valence-corrected chi connectivity index (χ0v) is 12.3. The van der Waals surface area contributed by atoms with Gasteiger partial charge in [0.25, 0.3) is 0 Å². The molecule has 0 bridgehead atoms. The molecular formula is C12H19N3O3S. The number of carbonyl (C=O) groups is 1. The van der Waals surface area contributed by atoms with Crippen molar-refractivity contribution in [2.45, 2.75) is 19.9 Å². The summed E-state index contributed by atoms with van der Waals surface area (Å²) in [5.41, 5.74) is 1.88. The molecule has 1 aromatic rings. The van der Waals surface area contributed by atoms with Gasteiger partial charge in [0.15, 0.2) is 9.84 Å². The minimum atomic E-state index is -3.01. The first-order valence-electron chi connectivity index (χ1n) is 6.23. The fraction of sp³-hybridized carbons (Fsp3) is 0.667. The predicted octanol–water partition coefficient (Wildman–Crippen LogP) is 0.122. The van der Waals surface area contributed by atoms with Crippen LogP contribution < -0.4 is 0 Å². The molecular weight excluding hydrogens is 266 g/mol. The van der Waals surface area contributed by atoms with E-state index in [9.17, 15) is 13.2 Å². The molecule has 0 spiro atoms. The second-order valence-electron chi connectivity index (χ2n) is 5.21. The van der Waals surface area contributed by atoms with Crippen molar-refractivity contribution in [2.75, 3.05) is 18.6 Å². The third-order valence-electron chi connectivity index (χ3n) is 3.48. The van der Waals surface area contributed by atoms with Gasteiger partial charge in [-0.15, -0.1) is 0 Å². The molecule has 0 saturated carbocycles. The Kier molecular flexibility index (Phi) is 3.66. The van der Waals surface area contributed by atoms with Gasteiger partial charge in [-0.3, -0.25) is 9.48 Å². The van der Waals surface area contributed by atoms with Crippen LogP contribution in [-0.4, -0.2) is 47.6 Å². The largest absolute Gasteiger partial charge is 0.341 e. The minimum absolute atomic E-state index is 0.0117. The van der Waals surface area contributed by atoms with Crippen molar-refractivity contribution in [1.82, 2.24) is 14.7 Å². The van der Waals surface area contributed by atoms with Crippen LogP contribution in [0.5, 0.6) is 0 Å². The molecule has 1 aliphatic heterocycles. The highest BCUT2D eigenvalue weighted by molar-refractivity contribution is 7.91. The molecule has 2 rings (SSSR count). The van der Waals surface area contributed by atoms with Crippen LogP contribution in [0.1, 0.15) is 17.7 Å². The Morgan fingerprint density at radius 3 is 2.74 bits per heavy atom. The van der Waals surface area contributed by atoms with Gasteiger partial charge in [-0.05, 0) is 13.3 Å². The fourth-order valence-electron chi connectivity index (χ4n) is 2.44. The van der Waals surface area contributed by atoms with E-state index in [4.69, 9.17) is 0 Å². The van der Waals surface area contributed by atoms with Gasteiger partial charge in [-0.25, -0.2) is 8.42 Å². The van der Waals surface area contributed by atoms with E-state index in [-0.39, 0.29) is 23.3 Å². The van der Waals surface area contributed by atoms with Gasteiger partial charge in [0, 0.05) is 32.4 Å². The van der Waals surface area contributed by atoms with Gasteiger partial charge in [-0.2, -0.15) is 5.10 Å². The van der Waals surface area contributed by atoms with E-state index in [2.05, 4.69) is 5.10 Å². The number of amides is 1. The van der Waals surface area contributed by atoms with Gasteiger partial charge in [0.05, 0.1) is 23.1 Å². The number of carbonyl (C=O) groups excluding carboxylic acids is 1. The molecule has 2 heterocycles. The summed E-state index contributed by atoms with van der Waals surface area (Å²) in [6.07, 6.45) is 2.32. The number of rotatable bonds is 3. The standard InChI is InChI=1S/C12H19N3O3S/c1-9-11(7-15(3)13-9)6-14(2)12(16)10-4-5-19(17,18)8-10/h7,10H,4-6,8H2,1-3H3. The number of hydrogen-bond donors (Lipinski definition) is 0. The van der Waals surface area contributed by atoms with Gasteiger partial charge in [-0.1, -0.05) is 0 Å². The quantitative estimate of drug-likeness (QED) is 0.791. The summed E-state index contributed by atoms with van der Waals surface area (Å²) in [6, 6.07) is 0. The Morgan fingerprint density at radius 2 is 2.26 bits per heavy atom. The number of aromatic nitrogens is 2. The molecule has 1 atom stereocenters. The van der Waals surface area contributed by atoms with Crippen molar-refractivity contribution in [3.05, 3.63) is 17.5 Å². The second-order valence-corrected chi connectivity index (χ2v) is 7.44. The van der Waals surface area contributed by atoms with E-state index in [1.807, 2.05) is 20.2 Å². The Bertz CT molecular complexity index is 591. The summed E-state index contributed by atoms with van der Waals surface area (Å²) >= 11 is 0. The molecule has 106 valence electrons. The van der Waals surface area contributed by atoms with Gasteiger partial charge in [0.1, 0.15) is 0 Å². The van der Waals surface area contributed by atoms with Crippen LogP contribution in [0.25, 0.3) is 0 Å². The Hall–Kier alpha value is -1.37. The van der Waals surface area contributed by atoms with Crippen LogP contribution in [-0.2, 0) is 28.2 Å². The van der Waals surface area contributed by atoms with Crippen molar-refractivity contribution in [3.8, 4) is 0 Å². The van der Waals surface area contributed by atoms with Crippen molar-refractivity contribution < 1.29 is 13.2 Å². The van der Waals surface area contributed by atoms with Crippen LogP contribution in [0.3, 0.4) is 0 Å². The van der Waals surface area contributed by atoms with E-state index in [1.165, 1.54) is 0 Å². The summed E-state index contributed by atoms with van der Waals surface area (Å²) in [7, 11) is 0.528. The normalized spacial score (nSPS) is 21.5. The van der Waals surface area contributed by atoms with Crippen LogP contribution in [0.2, 0.25) is 0 Å². The number of hydrogen-bond acceptors (Lipinski definition) is 4. The van der Waals surface area contributed by atoms with Gasteiger partial charge >= 0.3 is 0 Å². The number of nitrogens with zero attached hydrogens (tertiary/aromatic N) is 3. The zero-order valence-electron chi connectivity index (χ0n) is 11.5. The monoisotopic (exact) mass is 285 g/mol. The Morgan fingerprint density at radius 1 is 1.58 bits per heavy atom. The highest BCUT2D eigenvalue weighted by atomic mass is 32.2. The van der Waals surface area contributed by atoms with Crippen molar-refractivity contribution in [3.63, 3.8) is 0 Å². The SMILES string of the molecule is Cc1nn(C)cc1CN(C)C(=O)C1CCS(=O)(=O)C1. The maximum Gasteiger partial charge on any atom is 0.226 e. The van der Waals surface area contributed by atoms with Crippen LogP contribution in [0, 0.1) is 12.8 Å². The fourth-order valence-corrected chi connectivity index (χ4v) is 4.17. The molecule has 1 unspecified atom stereocenters. The van der Waals surface area contributed by atoms with Gasteiger partial charge < -0.3 is 4.90 Å². The Balaban J connectivity index is 2.02. The lowest BCUT2D eigenvalue weighted by molar-refractivity contribution is -0.133. The molecule has 7 heteroatoms. The molecule has 0 aromatic carbocycles. The molecule has 0 aliphatic carbocycles. The summed E-state index contributed by atoms with van der Waals surface area (Å²) in [5.74, 6) is -0.359. The van der Waals surface area contributed by atoms with Crippen LogP contribution >= 0.6 is 0 Å². The average molecular weight is 285 g/mol. The second kappa shape index (κ2) is 4.96. The third-order valence-corrected chi connectivity index (χ3v) is 5.25. The first kappa shape index (κ1) is 14.0. The van der Waals surface area contributed by atoms with E-state index in [1.54, 1.807) is 16.6 Å². The summed E-state index contributed by atoms with van der Waals surface area (Å²) in [4.78, 5) is 13.8. The summed E-state index contributed by atoms with van der Waals surface area (Å²) in [5, 5.41) is 4.23. The molecule has 1 amide bonds. The van der Waals surface area contributed by atoms with Crippen LogP contribution in [0.4, 0.5) is 0 Å². The highest BCUT2D eigenvalue weighted by Crippen LogP contribution is 2.21. The maximum atomic E-state index is 12.2. The Labute approximate surface area is 113 Å². The molecule has 1 saturated heterocycles. The molecule has 1 aromatic heterocycles. The number of aryl methyl sites for hydroxylation is 2. The number of sulfone groups is 1. The summed E-state index contributed by atoms with van der Waals surface area (Å²) in [6.45, 7) is 2.36. The lowest BCUT2D eigenvalue weighted by Gasteiger charge is -2.20. The van der Waals surface area contributed by atoms with E-state index in [0.29, 0.717) is 13.0 Å². The smallest absolute Gasteiger partial charge is 0.226 e. The third kappa shape index (κ3) is 3.15. The molecule has 1 fully saturated rings. The predicted molar refractivity (Wildman–Crippen MR) is 71.2 cm³/mol. The first-order valence-corrected chi connectivity index (χ1v) is 8.05. The van der Waals surface area contributed by atoms with Gasteiger partial charge in [0.2, 0.25) is 5.91 Å². The zero-order chi connectivity index (χ0) is 14.2.